The molecule has 0 bridgehead atoms. The summed E-state index contributed by atoms with van der Waals surface area (Å²) in [4.78, 5) is 4.33. The minimum Gasteiger partial charge on any atom is -0.370 e. The minimum atomic E-state index is 0.727. The van der Waals surface area contributed by atoms with Gasteiger partial charge < -0.3 is 5.32 Å². The fraction of sp³-hybridized carbons (Fsp3) is 0.250. The fourth-order valence-corrected chi connectivity index (χ4v) is 2.32. The number of rotatable bonds is 3. The third kappa shape index (κ3) is 2.15. The number of nitrogens with zero attached hydrogens (tertiary/aromatic N) is 1. The maximum Gasteiger partial charge on any atom is 0.135 e. The van der Waals surface area contributed by atoms with E-state index in [9.17, 15) is 0 Å². The maximum absolute atomic E-state index is 6.21. The van der Waals surface area contributed by atoms with Gasteiger partial charge in [-0.1, -0.05) is 34.5 Å². The van der Waals surface area contributed by atoms with Crippen LogP contribution in [0.3, 0.4) is 0 Å². The number of anilines is 1. The molecule has 0 spiro atoms. The van der Waals surface area contributed by atoms with E-state index in [1.54, 1.807) is 6.20 Å². The number of fused-ring (bicyclic) bond motifs is 1. The Hall–Kier alpha value is -0.800. The number of hydrogen-bond donors (Lipinski definition) is 1. The largest absolute Gasteiger partial charge is 0.370 e. The lowest BCUT2D eigenvalue weighted by atomic mass is 10.1. The van der Waals surface area contributed by atoms with Crippen LogP contribution < -0.4 is 5.32 Å². The van der Waals surface area contributed by atoms with Gasteiger partial charge in [0.15, 0.2) is 0 Å². The lowest BCUT2D eigenvalue weighted by molar-refractivity contribution is 0.972. The Bertz CT molecular complexity index is 514. The predicted molar refractivity (Wildman–Crippen MR) is 73.2 cm³/mol. The summed E-state index contributed by atoms with van der Waals surface area (Å²) in [5.41, 5.74) is 0. The summed E-state index contributed by atoms with van der Waals surface area (Å²) in [7, 11) is 0. The molecule has 0 aliphatic rings. The molecule has 0 amide bonds. The van der Waals surface area contributed by atoms with Gasteiger partial charge in [-0.25, -0.2) is 4.98 Å². The van der Waals surface area contributed by atoms with E-state index < -0.39 is 0 Å². The smallest absolute Gasteiger partial charge is 0.135 e. The molecule has 0 saturated carbocycles. The molecule has 1 aromatic carbocycles. The molecule has 0 unspecified atom stereocenters. The highest BCUT2D eigenvalue weighted by molar-refractivity contribution is 9.10. The van der Waals surface area contributed by atoms with E-state index >= 15 is 0 Å². The van der Waals surface area contributed by atoms with E-state index in [1.165, 1.54) is 0 Å². The van der Waals surface area contributed by atoms with Gasteiger partial charge >= 0.3 is 0 Å². The van der Waals surface area contributed by atoms with Crippen LogP contribution in [0.4, 0.5) is 5.82 Å². The molecule has 4 heteroatoms. The SMILES string of the molecule is CCCNc1nccc2c(Br)ccc(Cl)c12. The van der Waals surface area contributed by atoms with Crippen molar-refractivity contribution < 1.29 is 0 Å². The summed E-state index contributed by atoms with van der Waals surface area (Å²) in [6.45, 7) is 3.02. The van der Waals surface area contributed by atoms with Crippen molar-refractivity contribution in [1.29, 1.82) is 0 Å². The number of aromatic nitrogens is 1. The first kappa shape index (κ1) is 11.7. The summed E-state index contributed by atoms with van der Waals surface area (Å²) in [6, 6.07) is 5.80. The van der Waals surface area contributed by atoms with Crippen molar-refractivity contribution in [3.05, 3.63) is 33.9 Å². The van der Waals surface area contributed by atoms with Gasteiger partial charge in [0, 0.05) is 28.0 Å². The molecule has 1 aromatic heterocycles. The number of pyridine rings is 1. The van der Waals surface area contributed by atoms with Crippen molar-refractivity contribution >= 4 is 44.1 Å². The molecule has 2 aromatic rings. The second-order valence-electron chi connectivity index (χ2n) is 3.54. The highest BCUT2D eigenvalue weighted by Gasteiger charge is 2.08. The van der Waals surface area contributed by atoms with E-state index in [1.807, 2.05) is 18.2 Å². The van der Waals surface area contributed by atoms with Crippen molar-refractivity contribution in [2.24, 2.45) is 0 Å². The van der Waals surface area contributed by atoms with Crippen molar-refractivity contribution in [2.45, 2.75) is 13.3 Å². The topological polar surface area (TPSA) is 24.9 Å². The van der Waals surface area contributed by atoms with Gasteiger partial charge in [0.25, 0.3) is 0 Å². The van der Waals surface area contributed by atoms with Crippen LogP contribution in [0.25, 0.3) is 10.8 Å². The standard InChI is InChI=1S/C12H12BrClN2/c1-2-6-15-12-11-8(5-7-16-12)9(13)3-4-10(11)14/h3-5,7H,2,6H2,1H3,(H,15,16). The lowest BCUT2D eigenvalue weighted by Gasteiger charge is -2.10. The zero-order valence-corrected chi connectivity index (χ0v) is 11.3. The van der Waals surface area contributed by atoms with Crippen molar-refractivity contribution in [3.63, 3.8) is 0 Å². The Balaban J connectivity index is 2.61. The maximum atomic E-state index is 6.21. The van der Waals surface area contributed by atoms with Crippen LogP contribution in [-0.4, -0.2) is 11.5 Å². The average molecular weight is 300 g/mol. The Labute approximate surface area is 108 Å². The summed E-state index contributed by atoms with van der Waals surface area (Å²) >= 11 is 9.73. The van der Waals surface area contributed by atoms with Crippen LogP contribution in [0.2, 0.25) is 5.02 Å². The summed E-state index contributed by atoms with van der Waals surface area (Å²) in [6.07, 6.45) is 2.85. The van der Waals surface area contributed by atoms with Gasteiger partial charge in [0.1, 0.15) is 5.82 Å². The average Bonchev–Trinajstić information content (AvgIpc) is 2.31. The molecule has 84 valence electrons. The molecular weight excluding hydrogens is 288 g/mol. The van der Waals surface area contributed by atoms with E-state index in [-0.39, 0.29) is 0 Å². The quantitative estimate of drug-likeness (QED) is 0.904. The van der Waals surface area contributed by atoms with Gasteiger partial charge in [0.05, 0.1) is 5.02 Å². The molecule has 0 atom stereocenters. The third-order valence-corrected chi connectivity index (χ3v) is 3.37. The summed E-state index contributed by atoms with van der Waals surface area (Å²) in [5.74, 6) is 0.852. The molecule has 0 saturated heterocycles. The second kappa shape index (κ2) is 5.02. The van der Waals surface area contributed by atoms with Crippen molar-refractivity contribution in [2.75, 3.05) is 11.9 Å². The molecule has 0 aliphatic carbocycles. The van der Waals surface area contributed by atoms with E-state index in [0.717, 1.165) is 39.1 Å². The first-order chi connectivity index (χ1) is 7.74. The highest BCUT2D eigenvalue weighted by Crippen LogP contribution is 2.33. The molecule has 1 N–H and O–H groups in total. The van der Waals surface area contributed by atoms with Crippen LogP contribution in [0.1, 0.15) is 13.3 Å². The number of nitrogens with one attached hydrogen (secondary N) is 1. The molecule has 2 rings (SSSR count). The Morgan fingerprint density at radius 1 is 1.38 bits per heavy atom. The molecule has 0 fully saturated rings. The Kier molecular flexibility index (Phi) is 3.66. The first-order valence-corrected chi connectivity index (χ1v) is 6.37. The zero-order chi connectivity index (χ0) is 11.5. The van der Waals surface area contributed by atoms with E-state index in [0.29, 0.717) is 0 Å². The lowest BCUT2D eigenvalue weighted by Crippen LogP contribution is -2.02. The molecule has 1 heterocycles. The van der Waals surface area contributed by atoms with E-state index in [4.69, 9.17) is 11.6 Å². The molecule has 0 aliphatic heterocycles. The van der Waals surface area contributed by atoms with Crippen LogP contribution in [-0.2, 0) is 0 Å². The van der Waals surface area contributed by atoms with Crippen LogP contribution in [0.5, 0.6) is 0 Å². The predicted octanol–water partition coefficient (Wildman–Crippen LogP) is 4.47. The molecule has 0 radical (unpaired) electrons. The van der Waals surface area contributed by atoms with E-state index in [2.05, 4.69) is 33.2 Å². The van der Waals surface area contributed by atoms with Gasteiger partial charge in [-0.15, -0.1) is 0 Å². The number of benzene rings is 1. The second-order valence-corrected chi connectivity index (χ2v) is 4.80. The van der Waals surface area contributed by atoms with Crippen molar-refractivity contribution in [1.82, 2.24) is 4.98 Å². The molecule has 16 heavy (non-hydrogen) atoms. The van der Waals surface area contributed by atoms with Gasteiger partial charge in [-0.3, -0.25) is 0 Å². The molecule has 2 nitrogen and oxygen atoms in total. The zero-order valence-electron chi connectivity index (χ0n) is 8.93. The van der Waals surface area contributed by atoms with Gasteiger partial charge in [0.2, 0.25) is 0 Å². The Morgan fingerprint density at radius 3 is 2.94 bits per heavy atom. The minimum absolute atomic E-state index is 0.727. The fourth-order valence-electron chi connectivity index (χ4n) is 1.60. The van der Waals surface area contributed by atoms with Crippen LogP contribution >= 0.6 is 27.5 Å². The van der Waals surface area contributed by atoms with Crippen LogP contribution in [0, 0.1) is 0 Å². The highest BCUT2D eigenvalue weighted by atomic mass is 79.9. The Morgan fingerprint density at radius 2 is 2.19 bits per heavy atom. The molecular formula is C12H12BrClN2. The number of halogens is 2. The van der Waals surface area contributed by atoms with Gasteiger partial charge in [-0.2, -0.15) is 0 Å². The van der Waals surface area contributed by atoms with Crippen molar-refractivity contribution in [3.8, 4) is 0 Å². The summed E-state index contributed by atoms with van der Waals surface area (Å²) in [5, 5.41) is 6.08. The normalized spacial score (nSPS) is 10.7. The first-order valence-electron chi connectivity index (χ1n) is 5.20. The monoisotopic (exact) mass is 298 g/mol. The third-order valence-electron chi connectivity index (χ3n) is 2.37. The number of hydrogen-bond acceptors (Lipinski definition) is 2. The van der Waals surface area contributed by atoms with Gasteiger partial charge in [-0.05, 0) is 24.6 Å². The van der Waals surface area contributed by atoms with Crippen LogP contribution in [0.15, 0.2) is 28.9 Å². The summed E-state index contributed by atoms with van der Waals surface area (Å²) < 4.78 is 1.04.